The van der Waals surface area contributed by atoms with Crippen LogP contribution in [0.2, 0.25) is 0 Å². The Morgan fingerprint density at radius 2 is 1.94 bits per heavy atom. The van der Waals surface area contributed by atoms with Gasteiger partial charge >= 0.3 is 5.97 Å². The Hall–Kier alpha value is -0.660. The molecule has 2 N–H and O–H groups in total. The molecule has 1 rings (SSSR count). The predicted molar refractivity (Wildman–Crippen MR) is 59.7 cm³/mol. The van der Waals surface area contributed by atoms with Crippen molar-refractivity contribution in [2.24, 2.45) is 0 Å². The highest BCUT2D eigenvalue weighted by molar-refractivity contribution is 7.90. The summed E-state index contributed by atoms with van der Waals surface area (Å²) in [6, 6.07) is 0. The van der Waals surface area contributed by atoms with E-state index >= 15 is 0 Å². The molecule has 16 heavy (non-hydrogen) atoms. The third-order valence-electron chi connectivity index (χ3n) is 2.49. The van der Waals surface area contributed by atoms with Crippen LogP contribution in [0.5, 0.6) is 0 Å². The minimum atomic E-state index is -3.64. The molecular formula is C9H18N2O4S. The van der Waals surface area contributed by atoms with Crippen molar-refractivity contribution in [2.45, 2.75) is 19.3 Å². The minimum absolute atomic E-state index is 0.312. The molecule has 94 valence electrons. The zero-order valence-electron chi connectivity index (χ0n) is 9.18. The van der Waals surface area contributed by atoms with Crippen LogP contribution in [0.25, 0.3) is 0 Å². The lowest BCUT2D eigenvalue weighted by Crippen LogP contribution is -2.32. The maximum atomic E-state index is 11.1. The smallest absolute Gasteiger partial charge is 0.320 e. The summed E-state index contributed by atoms with van der Waals surface area (Å²) in [5.74, 6) is -2.18. The zero-order chi connectivity index (χ0) is 12.0. The molecule has 0 aliphatic carbocycles. The summed E-state index contributed by atoms with van der Waals surface area (Å²) in [4.78, 5) is 12.5. The molecule has 0 bridgehead atoms. The van der Waals surface area contributed by atoms with Gasteiger partial charge in [0, 0.05) is 6.54 Å². The van der Waals surface area contributed by atoms with E-state index in [4.69, 9.17) is 5.11 Å². The maximum Gasteiger partial charge on any atom is 0.320 e. The summed E-state index contributed by atoms with van der Waals surface area (Å²) < 4.78 is 24.5. The number of rotatable bonds is 7. The lowest BCUT2D eigenvalue weighted by atomic mass is 10.4. The average Bonchev–Trinajstić information content (AvgIpc) is 2.62. The number of aliphatic carboxylic acids is 1. The molecule has 0 spiro atoms. The molecular weight excluding hydrogens is 232 g/mol. The summed E-state index contributed by atoms with van der Waals surface area (Å²) in [6.45, 7) is 3.35. The Morgan fingerprint density at radius 3 is 2.50 bits per heavy atom. The molecule has 0 amide bonds. The third kappa shape index (κ3) is 5.43. The summed E-state index contributed by atoms with van der Waals surface area (Å²) in [7, 11) is -3.64. The van der Waals surface area contributed by atoms with Crippen molar-refractivity contribution in [3.05, 3.63) is 0 Å². The first-order valence-electron chi connectivity index (χ1n) is 5.41. The van der Waals surface area contributed by atoms with Gasteiger partial charge < -0.3 is 10.0 Å². The number of nitrogens with one attached hydrogen (secondary N) is 1. The lowest BCUT2D eigenvalue weighted by molar-refractivity contribution is -0.134. The van der Waals surface area contributed by atoms with E-state index in [0.29, 0.717) is 6.54 Å². The normalized spacial score (nSPS) is 17.8. The van der Waals surface area contributed by atoms with E-state index < -0.39 is 21.7 Å². The second-order valence-corrected chi connectivity index (χ2v) is 5.76. The molecule has 0 unspecified atom stereocenters. The first-order chi connectivity index (χ1) is 7.49. The second-order valence-electron chi connectivity index (χ2n) is 3.95. The maximum absolute atomic E-state index is 11.1. The monoisotopic (exact) mass is 250 g/mol. The molecule has 1 aliphatic rings. The van der Waals surface area contributed by atoms with E-state index in [9.17, 15) is 13.2 Å². The number of sulfonamides is 1. The fourth-order valence-electron chi connectivity index (χ4n) is 1.75. The van der Waals surface area contributed by atoms with Gasteiger partial charge in [-0.25, -0.2) is 13.1 Å². The van der Waals surface area contributed by atoms with Crippen LogP contribution >= 0.6 is 0 Å². The minimum Gasteiger partial charge on any atom is -0.480 e. The molecule has 0 radical (unpaired) electrons. The van der Waals surface area contributed by atoms with Crippen LogP contribution in [0.15, 0.2) is 0 Å². The van der Waals surface area contributed by atoms with Gasteiger partial charge in [0.1, 0.15) is 0 Å². The molecule has 1 fully saturated rings. The second kappa shape index (κ2) is 6.17. The van der Waals surface area contributed by atoms with Crippen LogP contribution in [0, 0.1) is 0 Å². The Morgan fingerprint density at radius 1 is 1.31 bits per heavy atom. The van der Waals surface area contributed by atoms with Crippen molar-refractivity contribution in [3.63, 3.8) is 0 Å². The topological polar surface area (TPSA) is 86.7 Å². The number of nitrogens with zero attached hydrogens (tertiary/aromatic N) is 1. The first kappa shape index (κ1) is 13.4. The van der Waals surface area contributed by atoms with Crippen LogP contribution in [0.1, 0.15) is 19.3 Å². The largest absolute Gasteiger partial charge is 0.480 e. The van der Waals surface area contributed by atoms with E-state index in [1.807, 2.05) is 0 Å². The lowest BCUT2D eigenvalue weighted by Gasteiger charge is -2.14. The number of carboxylic acid groups (broad SMARTS) is 1. The van der Waals surface area contributed by atoms with Crippen molar-refractivity contribution in [1.82, 2.24) is 9.62 Å². The van der Waals surface area contributed by atoms with E-state index in [0.717, 1.165) is 26.1 Å². The highest BCUT2D eigenvalue weighted by atomic mass is 32.2. The van der Waals surface area contributed by atoms with Crippen LogP contribution < -0.4 is 4.72 Å². The van der Waals surface area contributed by atoms with Gasteiger partial charge in [-0.3, -0.25) is 4.79 Å². The Labute approximate surface area is 95.7 Å². The molecule has 0 aromatic rings. The van der Waals surface area contributed by atoms with Gasteiger partial charge in [0.2, 0.25) is 10.0 Å². The van der Waals surface area contributed by atoms with E-state index in [-0.39, 0.29) is 0 Å². The molecule has 6 nitrogen and oxygen atoms in total. The van der Waals surface area contributed by atoms with Crippen LogP contribution in [0.4, 0.5) is 0 Å². The number of hydrogen-bond acceptors (Lipinski definition) is 4. The molecule has 0 aromatic heterocycles. The summed E-state index contributed by atoms with van der Waals surface area (Å²) in [5, 5.41) is 8.35. The van der Waals surface area contributed by atoms with E-state index in [2.05, 4.69) is 9.62 Å². The number of carboxylic acids is 1. The van der Waals surface area contributed by atoms with Gasteiger partial charge in [0.25, 0.3) is 0 Å². The van der Waals surface area contributed by atoms with Gasteiger partial charge in [-0.15, -0.1) is 0 Å². The van der Waals surface area contributed by atoms with Crippen molar-refractivity contribution in [3.8, 4) is 0 Å². The Balaban J connectivity index is 2.12. The van der Waals surface area contributed by atoms with Gasteiger partial charge in [0.05, 0.1) is 0 Å². The van der Waals surface area contributed by atoms with Crippen LogP contribution in [-0.2, 0) is 14.8 Å². The SMILES string of the molecule is O=C(O)CS(=O)(=O)NCCCN1CCCC1. The zero-order valence-corrected chi connectivity index (χ0v) is 10.0. The number of likely N-dealkylation sites (tertiary alicyclic amines) is 1. The van der Waals surface area contributed by atoms with E-state index in [1.165, 1.54) is 12.8 Å². The molecule has 0 atom stereocenters. The average molecular weight is 250 g/mol. The highest BCUT2D eigenvalue weighted by Gasteiger charge is 2.15. The van der Waals surface area contributed by atoms with Gasteiger partial charge in [-0.1, -0.05) is 0 Å². The van der Waals surface area contributed by atoms with Crippen molar-refractivity contribution in [1.29, 1.82) is 0 Å². The summed E-state index contributed by atoms with van der Waals surface area (Å²) in [6.07, 6.45) is 3.15. The Bertz CT molecular complexity index is 322. The standard InChI is InChI=1S/C9H18N2O4S/c12-9(13)8-16(14,15)10-4-3-7-11-5-1-2-6-11/h10H,1-8H2,(H,12,13). The van der Waals surface area contributed by atoms with Gasteiger partial charge in [-0.05, 0) is 38.9 Å². The molecule has 1 saturated heterocycles. The fraction of sp³-hybridized carbons (Fsp3) is 0.889. The van der Waals surface area contributed by atoms with Gasteiger partial charge in [0.15, 0.2) is 5.75 Å². The molecule has 1 aliphatic heterocycles. The quantitative estimate of drug-likeness (QED) is 0.594. The van der Waals surface area contributed by atoms with E-state index in [1.54, 1.807) is 0 Å². The van der Waals surface area contributed by atoms with Crippen LogP contribution in [-0.4, -0.2) is 56.3 Å². The molecule has 0 saturated carbocycles. The first-order valence-corrected chi connectivity index (χ1v) is 7.06. The predicted octanol–water partition coefficient (Wildman–Crippen LogP) is -0.524. The van der Waals surface area contributed by atoms with Crippen LogP contribution in [0.3, 0.4) is 0 Å². The summed E-state index contributed by atoms with van der Waals surface area (Å²) >= 11 is 0. The number of carbonyl (C=O) groups is 1. The highest BCUT2D eigenvalue weighted by Crippen LogP contribution is 2.06. The molecule has 0 aromatic carbocycles. The third-order valence-corrected chi connectivity index (χ3v) is 3.76. The number of hydrogen-bond donors (Lipinski definition) is 2. The summed E-state index contributed by atoms with van der Waals surface area (Å²) in [5.41, 5.74) is 0. The molecule has 7 heteroatoms. The molecule has 1 heterocycles. The van der Waals surface area contributed by atoms with Crippen molar-refractivity contribution < 1.29 is 18.3 Å². The Kier molecular flexibility index (Phi) is 5.17. The van der Waals surface area contributed by atoms with Crippen molar-refractivity contribution >= 4 is 16.0 Å². The van der Waals surface area contributed by atoms with Crippen molar-refractivity contribution in [2.75, 3.05) is 31.9 Å². The fourth-order valence-corrected chi connectivity index (χ4v) is 2.63. The van der Waals surface area contributed by atoms with Gasteiger partial charge in [-0.2, -0.15) is 0 Å².